The van der Waals surface area contributed by atoms with Crippen molar-refractivity contribution in [1.29, 1.82) is 0 Å². The summed E-state index contributed by atoms with van der Waals surface area (Å²) in [6.07, 6.45) is 13.8. The second kappa shape index (κ2) is 11.8. The van der Waals surface area contributed by atoms with Gasteiger partial charge in [0.25, 0.3) is 0 Å². The summed E-state index contributed by atoms with van der Waals surface area (Å²) in [6, 6.07) is 0.434. The Morgan fingerprint density at radius 3 is 2.54 bits per heavy atom. The largest absolute Gasteiger partial charge is 0.395 e. The first-order valence-electron chi connectivity index (χ1n) is 11.1. The smallest absolute Gasteiger partial charge is 0.222 e. The SMILES string of the molecule is O=C(CCCSc1nnnn1C1CCCCC1)N(CCO)CC1CCCCC1. The van der Waals surface area contributed by atoms with E-state index in [0.29, 0.717) is 24.9 Å². The molecule has 1 heterocycles. The number of thioether (sulfide) groups is 1. The van der Waals surface area contributed by atoms with E-state index in [0.717, 1.165) is 36.7 Å². The monoisotopic (exact) mass is 409 g/mol. The number of aliphatic hydroxyl groups excluding tert-OH is 1. The highest BCUT2D eigenvalue weighted by Crippen LogP contribution is 2.30. The van der Waals surface area contributed by atoms with E-state index < -0.39 is 0 Å². The van der Waals surface area contributed by atoms with Gasteiger partial charge in [0.05, 0.1) is 12.6 Å². The maximum atomic E-state index is 12.6. The molecule has 8 heteroatoms. The number of carbonyl (C=O) groups excluding carboxylic acids is 1. The van der Waals surface area contributed by atoms with Crippen molar-refractivity contribution in [3.8, 4) is 0 Å². The average Bonchev–Trinajstić information content (AvgIpc) is 3.21. The summed E-state index contributed by atoms with van der Waals surface area (Å²) >= 11 is 1.66. The molecule has 0 bridgehead atoms. The molecule has 158 valence electrons. The Kier molecular flexibility index (Phi) is 9.05. The molecule has 0 aliphatic heterocycles. The van der Waals surface area contributed by atoms with Gasteiger partial charge in [-0.1, -0.05) is 50.3 Å². The quantitative estimate of drug-likeness (QED) is 0.471. The molecular weight excluding hydrogens is 374 g/mol. The number of hydrogen-bond donors (Lipinski definition) is 1. The van der Waals surface area contributed by atoms with Crippen molar-refractivity contribution in [3.05, 3.63) is 0 Å². The van der Waals surface area contributed by atoms with Crippen LogP contribution in [0.5, 0.6) is 0 Å². The van der Waals surface area contributed by atoms with Crippen LogP contribution in [-0.4, -0.2) is 61.6 Å². The molecule has 0 atom stereocenters. The van der Waals surface area contributed by atoms with Crippen LogP contribution < -0.4 is 0 Å². The predicted molar refractivity (Wildman–Crippen MR) is 110 cm³/mol. The van der Waals surface area contributed by atoms with Gasteiger partial charge in [0.15, 0.2) is 0 Å². The van der Waals surface area contributed by atoms with Crippen LogP contribution in [0.15, 0.2) is 5.16 Å². The first-order chi connectivity index (χ1) is 13.8. The number of aromatic nitrogens is 4. The molecule has 7 nitrogen and oxygen atoms in total. The van der Waals surface area contributed by atoms with E-state index in [1.807, 2.05) is 9.58 Å². The molecule has 2 fully saturated rings. The lowest BCUT2D eigenvalue weighted by Gasteiger charge is -2.29. The molecule has 0 unspecified atom stereocenters. The van der Waals surface area contributed by atoms with E-state index in [9.17, 15) is 9.90 Å². The molecule has 28 heavy (non-hydrogen) atoms. The van der Waals surface area contributed by atoms with Gasteiger partial charge in [-0.15, -0.1) is 5.10 Å². The standard InChI is InChI=1S/C20H35N5O2S/c26-14-13-24(16-17-8-3-1-4-9-17)19(27)12-7-15-28-20-21-22-23-25(20)18-10-5-2-6-11-18/h17-18,26H,1-16H2. The minimum Gasteiger partial charge on any atom is -0.395 e. The van der Waals surface area contributed by atoms with Crippen LogP contribution in [0.25, 0.3) is 0 Å². The van der Waals surface area contributed by atoms with Crippen LogP contribution in [0.2, 0.25) is 0 Å². The van der Waals surface area contributed by atoms with Crippen LogP contribution in [0.3, 0.4) is 0 Å². The number of aliphatic hydroxyl groups is 1. The number of tetrazole rings is 1. The Balaban J connectivity index is 1.41. The molecule has 2 aliphatic rings. The zero-order valence-corrected chi connectivity index (χ0v) is 17.8. The summed E-state index contributed by atoms with van der Waals surface area (Å²) < 4.78 is 1.99. The molecule has 1 aromatic rings. The van der Waals surface area contributed by atoms with Gasteiger partial charge in [-0.25, -0.2) is 4.68 Å². The lowest BCUT2D eigenvalue weighted by Crippen LogP contribution is -2.38. The molecule has 2 aliphatic carbocycles. The van der Waals surface area contributed by atoms with Crippen LogP contribution >= 0.6 is 11.8 Å². The second-order valence-corrected chi connectivity index (χ2v) is 9.28. The van der Waals surface area contributed by atoms with Crippen LogP contribution in [0.4, 0.5) is 0 Å². The highest BCUT2D eigenvalue weighted by Gasteiger charge is 2.22. The van der Waals surface area contributed by atoms with E-state index in [1.54, 1.807) is 11.8 Å². The van der Waals surface area contributed by atoms with Crippen LogP contribution in [0, 0.1) is 5.92 Å². The van der Waals surface area contributed by atoms with Gasteiger partial charge in [-0.2, -0.15) is 0 Å². The molecule has 1 aromatic heterocycles. The maximum Gasteiger partial charge on any atom is 0.222 e. The molecule has 1 N–H and O–H groups in total. The fourth-order valence-corrected chi connectivity index (χ4v) is 5.38. The number of hydrogen-bond acceptors (Lipinski definition) is 6. The van der Waals surface area contributed by atoms with E-state index in [4.69, 9.17) is 0 Å². The van der Waals surface area contributed by atoms with E-state index >= 15 is 0 Å². The number of carbonyl (C=O) groups is 1. The van der Waals surface area contributed by atoms with Crippen molar-refractivity contribution in [1.82, 2.24) is 25.1 Å². The second-order valence-electron chi connectivity index (χ2n) is 8.22. The molecule has 1 amide bonds. The lowest BCUT2D eigenvalue weighted by atomic mass is 9.89. The van der Waals surface area contributed by atoms with Crippen molar-refractivity contribution in [2.24, 2.45) is 5.92 Å². The summed E-state index contributed by atoms with van der Waals surface area (Å²) in [6.45, 7) is 1.32. The Hall–Kier alpha value is -1.15. The summed E-state index contributed by atoms with van der Waals surface area (Å²) in [5, 5.41) is 22.5. The third-order valence-electron chi connectivity index (χ3n) is 6.08. The molecule has 0 saturated heterocycles. The Labute approximate surface area is 172 Å². The van der Waals surface area contributed by atoms with Crippen molar-refractivity contribution in [2.75, 3.05) is 25.4 Å². The van der Waals surface area contributed by atoms with Gasteiger partial charge >= 0.3 is 0 Å². The van der Waals surface area contributed by atoms with Crippen molar-refractivity contribution in [2.45, 2.75) is 88.2 Å². The normalized spacial score (nSPS) is 19.0. The molecule has 0 spiro atoms. The first-order valence-corrected chi connectivity index (χ1v) is 12.1. The molecule has 2 saturated carbocycles. The topological polar surface area (TPSA) is 84.1 Å². The predicted octanol–water partition coefficient (Wildman–Crippen LogP) is 3.45. The average molecular weight is 410 g/mol. The number of nitrogens with zero attached hydrogens (tertiary/aromatic N) is 5. The fourth-order valence-electron chi connectivity index (χ4n) is 4.50. The lowest BCUT2D eigenvalue weighted by molar-refractivity contribution is -0.132. The number of amides is 1. The number of rotatable bonds is 10. The van der Waals surface area contributed by atoms with Gasteiger partial charge in [0, 0.05) is 25.3 Å². The third-order valence-corrected chi connectivity index (χ3v) is 7.09. The Morgan fingerprint density at radius 1 is 1.11 bits per heavy atom. The van der Waals surface area contributed by atoms with E-state index in [2.05, 4.69) is 15.5 Å². The fraction of sp³-hybridized carbons (Fsp3) is 0.900. The zero-order valence-electron chi connectivity index (χ0n) is 17.0. The highest BCUT2D eigenvalue weighted by molar-refractivity contribution is 7.99. The van der Waals surface area contributed by atoms with Crippen molar-refractivity contribution >= 4 is 17.7 Å². The minimum atomic E-state index is 0.0450. The zero-order chi connectivity index (χ0) is 19.6. The summed E-state index contributed by atoms with van der Waals surface area (Å²) in [7, 11) is 0. The van der Waals surface area contributed by atoms with Gasteiger partial charge in [0.1, 0.15) is 0 Å². The third kappa shape index (κ3) is 6.44. The van der Waals surface area contributed by atoms with Gasteiger partial charge in [-0.3, -0.25) is 4.79 Å². The first kappa shape index (κ1) is 21.6. The van der Waals surface area contributed by atoms with E-state index in [1.165, 1.54) is 51.4 Å². The van der Waals surface area contributed by atoms with E-state index in [-0.39, 0.29) is 12.5 Å². The molecule has 0 aromatic carbocycles. The minimum absolute atomic E-state index is 0.0450. The summed E-state index contributed by atoms with van der Waals surface area (Å²) in [4.78, 5) is 14.5. The summed E-state index contributed by atoms with van der Waals surface area (Å²) in [5.41, 5.74) is 0. The van der Waals surface area contributed by atoms with Crippen molar-refractivity contribution < 1.29 is 9.90 Å². The Bertz CT molecular complexity index is 585. The van der Waals surface area contributed by atoms with Gasteiger partial charge < -0.3 is 10.0 Å². The summed E-state index contributed by atoms with van der Waals surface area (Å²) in [5.74, 6) is 1.63. The maximum absolute atomic E-state index is 12.6. The van der Waals surface area contributed by atoms with Gasteiger partial charge in [-0.05, 0) is 48.4 Å². The van der Waals surface area contributed by atoms with Crippen LogP contribution in [0.1, 0.15) is 83.1 Å². The Morgan fingerprint density at radius 2 is 1.82 bits per heavy atom. The van der Waals surface area contributed by atoms with Gasteiger partial charge in [0.2, 0.25) is 11.1 Å². The molecule has 3 rings (SSSR count). The van der Waals surface area contributed by atoms with Crippen molar-refractivity contribution in [3.63, 3.8) is 0 Å². The molecule has 0 radical (unpaired) electrons. The highest BCUT2D eigenvalue weighted by atomic mass is 32.2. The van der Waals surface area contributed by atoms with Crippen LogP contribution in [-0.2, 0) is 4.79 Å². The molecular formula is C20H35N5O2S.